The van der Waals surface area contributed by atoms with Gasteiger partial charge < -0.3 is 5.11 Å². The Labute approximate surface area is 108 Å². The zero-order valence-electron chi connectivity index (χ0n) is 9.83. The van der Waals surface area contributed by atoms with Crippen molar-refractivity contribution in [2.45, 2.75) is 0 Å². The lowest BCUT2D eigenvalue weighted by molar-refractivity contribution is -0.112. The van der Waals surface area contributed by atoms with Crippen LogP contribution in [-0.4, -0.2) is 17.0 Å². The van der Waals surface area contributed by atoms with E-state index in [9.17, 15) is 9.59 Å². The van der Waals surface area contributed by atoms with E-state index in [-0.39, 0.29) is 11.5 Å². The van der Waals surface area contributed by atoms with E-state index in [0.717, 1.165) is 5.22 Å². The van der Waals surface area contributed by atoms with Crippen LogP contribution in [0.25, 0.3) is 5.57 Å². The van der Waals surface area contributed by atoms with Crippen molar-refractivity contribution in [3.8, 4) is 0 Å². The van der Waals surface area contributed by atoms with Gasteiger partial charge in [-0.1, -0.05) is 30.3 Å². The molecular formula is C15H9NO3. The van der Waals surface area contributed by atoms with E-state index < -0.39 is 5.97 Å². The number of carboxylic acids is 1. The van der Waals surface area contributed by atoms with Gasteiger partial charge in [-0.15, -0.1) is 0 Å². The zero-order chi connectivity index (χ0) is 13.4. The minimum atomic E-state index is -0.987. The normalized spacial score (nSPS) is 13.1. The molecule has 0 bridgehead atoms. The molecule has 2 aromatic carbocycles. The summed E-state index contributed by atoms with van der Waals surface area (Å²) >= 11 is 0. The molecule has 4 nitrogen and oxygen atoms in total. The molecule has 19 heavy (non-hydrogen) atoms. The molecule has 0 aliphatic carbocycles. The smallest absolute Gasteiger partial charge is 0.335 e. The Morgan fingerprint density at radius 2 is 1.68 bits per heavy atom. The lowest BCUT2D eigenvalue weighted by Gasteiger charge is -2.01. The van der Waals surface area contributed by atoms with Crippen LogP contribution in [0.5, 0.6) is 0 Å². The average molecular weight is 251 g/mol. The number of carbonyl (C=O) groups excluding carboxylic acids is 1. The number of nitrogens with zero attached hydrogens (tertiary/aromatic N) is 1. The molecule has 4 heteroatoms. The van der Waals surface area contributed by atoms with Crippen LogP contribution in [0.15, 0.2) is 53.5 Å². The van der Waals surface area contributed by atoms with E-state index in [0.29, 0.717) is 16.5 Å². The zero-order valence-corrected chi connectivity index (χ0v) is 9.83. The number of aromatic carboxylic acids is 1. The van der Waals surface area contributed by atoms with Gasteiger partial charge in [-0.05, 0) is 23.8 Å². The van der Waals surface area contributed by atoms with Crippen molar-refractivity contribution in [3.05, 3.63) is 70.2 Å². The van der Waals surface area contributed by atoms with Crippen LogP contribution in [-0.2, 0) is 4.79 Å². The predicted octanol–water partition coefficient (Wildman–Crippen LogP) is 0.744. The van der Waals surface area contributed by atoms with Crippen molar-refractivity contribution < 1.29 is 14.7 Å². The second-order valence-corrected chi connectivity index (χ2v) is 4.19. The number of amides is 1. The van der Waals surface area contributed by atoms with Gasteiger partial charge in [0.15, 0.2) is 0 Å². The third-order valence-corrected chi connectivity index (χ3v) is 3.03. The van der Waals surface area contributed by atoms with Crippen molar-refractivity contribution >= 4 is 17.4 Å². The van der Waals surface area contributed by atoms with Gasteiger partial charge in [-0.25, -0.2) is 9.79 Å². The van der Waals surface area contributed by atoms with Gasteiger partial charge in [0.1, 0.15) is 0 Å². The Morgan fingerprint density at radius 3 is 2.37 bits per heavy atom. The van der Waals surface area contributed by atoms with Gasteiger partial charge in [-0.2, -0.15) is 0 Å². The molecule has 1 aliphatic rings. The minimum absolute atomic E-state index is 0.194. The van der Waals surface area contributed by atoms with Crippen LogP contribution in [0.3, 0.4) is 0 Å². The SMILES string of the molecule is O=C1N=c2ccccc2=C1c1ccc(C(=O)O)cc1. The van der Waals surface area contributed by atoms with E-state index in [1.807, 2.05) is 18.2 Å². The lowest BCUT2D eigenvalue weighted by atomic mass is 10.0. The molecule has 92 valence electrons. The first-order chi connectivity index (χ1) is 9.16. The van der Waals surface area contributed by atoms with E-state index in [1.165, 1.54) is 12.1 Å². The summed E-state index contributed by atoms with van der Waals surface area (Å²) < 4.78 is 0. The van der Waals surface area contributed by atoms with Crippen LogP contribution in [0.2, 0.25) is 0 Å². The Bertz CT molecular complexity index is 804. The van der Waals surface area contributed by atoms with Gasteiger partial charge in [0.2, 0.25) is 0 Å². The van der Waals surface area contributed by atoms with Crippen molar-refractivity contribution in [1.29, 1.82) is 0 Å². The van der Waals surface area contributed by atoms with E-state index in [1.54, 1.807) is 18.2 Å². The third kappa shape index (κ3) is 1.83. The summed E-state index contributed by atoms with van der Waals surface area (Å²) in [5.41, 5.74) is 1.40. The summed E-state index contributed by atoms with van der Waals surface area (Å²) in [6, 6.07) is 13.5. The quantitative estimate of drug-likeness (QED) is 0.856. The predicted molar refractivity (Wildman–Crippen MR) is 68.1 cm³/mol. The highest BCUT2D eigenvalue weighted by Gasteiger charge is 2.18. The number of fused-ring (bicyclic) bond motifs is 1. The highest BCUT2D eigenvalue weighted by molar-refractivity contribution is 6.20. The first-order valence-corrected chi connectivity index (χ1v) is 5.73. The van der Waals surface area contributed by atoms with Crippen molar-refractivity contribution in [2.24, 2.45) is 4.99 Å². The Kier molecular flexibility index (Phi) is 2.49. The number of hydrogen-bond donors (Lipinski definition) is 1. The monoisotopic (exact) mass is 251 g/mol. The van der Waals surface area contributed by atoms with E-state index in [4.69, 9.17) is 5.11 Å². The molecule has 1 N–H and O–H groups in total. The second-order valence-electron chi connectivity index (χ2n) is 4.19. The molecule has 0 radical (unpaired) electrons. The summed E-state index contributed by atoms with van der Waals surface area (Å²) in [7, 11) is 0. The molecule has 1 amide bonds. The minimum Gasteiger partial charge on any atom is -0.478 e. The third-order valence-electron chi connectivity index (χ3n) is 3.03. The fourth-order valence-corrected chi connectivity index (χ4v) is 2.12. The van der Waals surface area contributed by atoms with Crippen LogP contribution >= 0.6 is 0 Å². The summed E-state index contributed by atoms with van der Waals surface area (Å²) in [6.07, 6.45) is 0. The molecule has 0 atom stereocenters. The topological polar surface area (TPSA) is 66.7 Å². The second kappa shape index (κ2) is 4.17. The largest absolute Gasteiger partial charge is 0.478 e. The van der Waals surface area contributed by atoms with Gasteiger partial charge in [0, 0.05) is 5.22 Å². The van der Waals surface area contributed by atoms with E-state index in [2.05, 4.69) is 4.99 Å². The van der Waals surface area contributed by atoms with Crippen LogP contribution in [0, 0.1) is 0 Å². The molecule has 0 fully saturated rings. The Morgan fingerprint density at radius 1 is 1.00 bits per heavy atom. The van der Waals surface area contributed by atoms with Crippen molar-refractivity contribution in [3.63, 3.8) is 0 Å². The lowest BCUT2D eigenvalue weighted by Crippen LogP contribution is -2.22. The maximum atomic E-state index is 11.9. The van der Waals surface area contributed by atoms with Crippen molar-refractivity contribution in [2.75, 3.05) is 0 Å². The Hall–Kier alpha value is -2.75. The number of carboxylic acid groups (broad SMARTS) is 1. The van der Waals surface area contributed by atoms with Gasteiger partial charge in [0.05, 0.1) is 16.5 Å². The van der Waals surface area contributed by atoms with Gasteiger partial charge >= 0.3 is 5.97 Å². The summed E-state index contributed by atoms with van der Waals surface area (Å²) in [6.45, 7) is 0. The molecule has 0 saturated heterocycles. The summed E-state index contributed by atoms with van der Waals surface area (Å²) in [4.78, 5) is 26.7. The molecule has 2 aromatic rings. The number of carbonyl (C=O) groups is 2. The van der Waals surface area contributed by atoms with Crippen LogP contribution in [0.4, 0.5) is 0 Å². The maximum Gasteiger partial charge on any atom is 0.335 e. The number of para-hydroxylation sites is 1. The standard InChI is InChI=1S/C15H9NO3/c17-14-13(11-3-1-2-4-12(11)16-14)9-5-7-10(8-6-9)15(18)19/h1-8H,(H,18,19). The summed E-state index contributed by atoms with van der Waals surface area (Å²) in [5, 5.41) is 10.3. The van der Waals surface area contributed by atoms with E-state index >= 15 is 0 Å². The molecule has 0 spiro atoms. The number of hydrogen-bond acceptors (Lipinski definition) is 2. The molecular weight excluding hydrogens is 242 g/mol. The highest BCUT2D eigenvalue weighted by atomic mass is 16.4. The Balaban J connectivity index is 2.21. The van der Waals surface area contributed by atoms with Crippen LogP contribution in [0.1, 0.15) is 15.9 Å². The fraction of sp³-hybridized carbons (Fsp3) is 0. The average Bonchev–Trinajstić information content (AvgIpc) is 2.74. The molecule has 0 aromatic heterocycles. The number of benzene rings is 2. The van der Waals surface area contributed by atoms with Gasteiger partial charge in [0.25, 0.3) is 5.91 Å². The first kappa shape index (κ1) is 11.3. The first-order valence-electron chi connectivity index (χ1n) is 5.73. The number of rotatable bonds is 2. The highest BCUT2D eigenvalue weighted by Crippen LogP contribution is 2.15. The van der Waals surface area contributed by atoms with Crippen molar-refractivity contribution in [1.82, 2.24) is 0 Å². The molecule has 0 saturated carbocycles. The molecule has 0 unspecified atom stereocenters. The van der Waals surface area contributed by atoms with Crippen LogP contribution < -0.4 is 10.6 Å². The maximum absolute atomic E-state index is 11.9. The summed E-state index contributed by atoms with van der Waals surface area (Å²) in [5.74, 6) is -1.27. The van der Waals surface area contributed by atoms with Gasteiger partial charge in [-0.3, -0.25) is 4.79 Å². The molecule has 1 heterocycles. The fourth-order valence-electron chi connectivity index (χ4n) is 2.12. The molecule has 3 rings (SSSR count). The molecule has 1 aliphatic heterocycles.